The lowest BCUT2D eigenvalue weighted by atomic mass is 10.1. The lowest BCUT2D eigenvalue weighted by molar-refractivity contribution is -0.140. The molecule has 1 rings (SSSR count). The van der Waals surface area contributed by atoms with Crippen LogP contribution in [0.2, 0.25) is 0 Å². The van der Waals surface area contributed by atoms with Gasteiger partial charge in [0.1, 0.15) is 11.5 Å². The second kappa shape index (κ2) is 9.64. The van der Waals surface area contributed by atoms with Crippen LogP contribution in [0.5, 0.6) is 11.5 Å². The van der Waals surface area contributed by atoms with E-state index < -0.39 is 0 Å². The molecule has 0 radical (unpaired) electrons. The van der Waals surface area contributed by atoms with E-state index in [1.165, 1.54) is 7.11 Å². The molecule has 0 N–H and O–H groups in total. The maximum absolute atomic E-state index is 10.9. The van der Waals surface area contributed by atoms with Crippen molar-refractivity contribution in [2.75, 3.05) is 21.3 Å². The van der Waals surface area contributed by atoms with Crippen molar-refractivity contribution < 1.29 is 19.0 Å². The first-order valence-corrected chi connectivity index (χ1v) is 6.82. The Morgan fingerprint density at radius 1 is 1.05 bits per heavy atom. The largest absolute Gasteiger partial charge is 0.497 e. The van der Waals surface area contributed by atoms with Gasteiger partial charge in [-0.05, 0) is 30.5 Å². The van der Waals surface area contributed by atoms with E-state index >= 15 is 0 Å². The third-order valence-corrected chi connectivity index (χ3v) is 2.89. The van der Waals surface area contributed by atoms with Gasteiger partial charge in [-0.15, -0.1) is 0 Å². The summed E-state index contributed by atoms with van der Waals surface area (Å²) >= 11 is 0. The number of allylic oxidation sites excluding steroid dienone is 3. The number of hydrogen-bond acceptors (Lipinski definition) is 4. The molecule has 0 aliphatic heterocycles. The standard InChI is InChI=1S/C17H22O4/c1-19-15-11-14(12-16(13-15)20-2)9-7-5-4-6-8-10-17(18)21-3/h4-5,7,9,11-13H,6,8,10H2,1-3H3/b5-4+,9-7+. The Kier molecular flexibility index (Phi) is 7.72. The van der Waals surface area contributed by atoms with Gasteiger partial charge in [0.05, 0.1) is 21.3 Å². The molecule has 1 aromatic rings. The number of esters is 1. The van der Waals surface area contributed by atoms with Gasteiger partial charge in [-0.3, -0.25) is 4.79 Å². The molecular weight excluding hydrogens is 268 g/mol. The van der Waals surface area contributed by atoms with Crippen molar-refractivity contribution in [3.8, 4) is 11.5 Å². The summed E-state index contributed by atoms with van der Waals surface area (Å²) in [5, 5.41) is 0. The molecule has 0 saturated carbocycles. The highest BCUT2D eigenvalue weighted by molar-refractivity contribution is 5.69. The number of ether oxygens (including phenoxy) is 3. The quantitative estimate of drug-likeness (QED) is 0.417. The molecule has 1 aromatic carbocycles. The van der Waals surface area contributed by atoms with E-state index in [9.17, 15) is 4.79 Å². The van der Waals surface area contributed by atoms with E-state index in [1.54, 1.807) is 14.2 Å². The molecule has 114 valence electrons. The fraction of sp³-hybridized carbons (Fsp3) is 0.353. The third-order valence-electron chi connectivity index (χ3n) is 2.89. The first-order valence-electron chi connectivity index (χ1n) is 6.82. The average Bonchev–Trinajstić information content (AvgIpc) is 2.53. The maximum Gasteiger partial charge on any atom is 0.305 e. The van der Waals surface area contributed by atoms with E-state index in [0.717, 1.165) is 29.9 Å². The molecule has 4 heteroatoms. The number of benzene rings is 1. The van der Waals surface area contributed by atoms with Gasteiger partial charge in [-0.2, -0.15) is 0 Å². The Hall–Kier alpha value is -2.23. The van der Waals surface area contributed by atoms with Crippen LogP contribution >= 0.6 is 0 Å². The van der Waals surface area contributed by atoms with Gasteiger partial charge in [0.15, 0.2) is 0 Å². The van der Waals surface area contributed by atoms with Crippen LogP contribution in [-0.2, 0) is 9.53 Å². The van der Waals surface area contributed by atoms with Gasteiger partial charge in [-0.1, -0.05) is 24.3 Å². The Morgan fingerprint density at radius 3 is 2.29 bits per heavy atom. The fourth-order valence-electron chi connectivity index (χ4n) is 1.73. The molecule has 4 nitrogen and oxygen atoms in total. The molecular formula is C17H22O4. The molecule has 0 aromatic heterocycles. The lowest BCUT2D eigenvalue weighted by Gasteiger charge is -2.05. The van der Waals surface area contributed by atoms with Gasteiger partial charge in [0.25, 0.3) is 0 Å². The number of hydrogen-bond donors (Lipinski definition) is 0. The molecule has 21 heavy (non-hydrogen) atoms. The molecule has 0 aliphatic carbocycles. The number of carbonyl (C=O) groups is 1. The minimum Gasteiger partial charge on any atom is -0.497 e. The molecule has 0 bridgehead atoms. The smallest absolute Gasteiger partial charge is 0.305 e. The van der Waals surface area contributed by atoms with E-state index in [-0.39, 0.29) is 5.97 Å². The Morgan fingerprint density at radius 2 is 1.71 bits per heavy atom. The summed E-state index contributed by atoms with van der Waals surface area (Å²) < 4.78 is 15.0. The van der Waals surface area contributed by atoms with Gasteiger partial charge < -0.3 is 14.2 Å². The normalized spacial score (nSPS) is 11.0. The fourth-order valence-corrected chi connectivity index (χ4v) is 1.73. The highest BCUT2D eigenvalue weighted by atomic mass is 16.5. The Bertz CT molecular complexity index is 481. The van der Waals surface area contributed by atoms with Crippen molar-refractivity contribution in [3.63, 3.8) is 0 Å². The predicted octanol–water partition coefficient (Wildman–Crippen LogP) is 3.62. The number of methoxy groups -OCH3 is 3. The number of carbonyl (C=O) groups excluding carboxylic acids is 1. The number of rotatable bonds is 8. The van der Waals surface area contributed by atoms with Crippen LogP contribution < -0.4 is 9.47 Å². The lowest BCUT2D eigenvalue weighted by Crippen LogP contribution is -1.98. The van der Waals surface area contributed by atoms with Crippen LogP contribution in [0.4, 0.5) is 0 Å². The van der Waals surface area contributed by atoms with Gasteiger partial charge >= 0.3 is 5.97 Å². The van der Waals surface area contributed by atoms with Crippen LogP contribution in [-0.4, -0.2) is 27.3 Å². The van der Waals surface area contributed by atoms with Crippen LogP contribution in [0.1, 0.15) is 24.8 Å². The van der Waals surface area contributed by atoms with Crippen LogP contribution in [0, 0.1) is 0 Å². The highest BCUT2D eigenvalue weighted by Crippen LogP contribution is 2.23. The first-order chi connectivity index (χ1) is 10.2. The molecule has 0 heterocycles. The molecule has 0 aliphatic rings. The molecule has 0 fully saturated rings. The van der Waals surface area contributed by atoms with Crippen molar-refractivity contribution in [2.45, 2.75) is 19.3 Å². The zero-order valence-electron chi connectivity index (χ0n) is 12.8. The molecule has 0 unspecified atom stereocenters. The van der Waals surface area contributed by atoms with Gasteiger partial charge in [0, 0.05) is 12.5 Å². The summed E-state index contributed by atoms with van der Waals surface area (Å²) in [6.45, 7) is 0. The molecule has 0 spiro atoms. The zero-order valence-corrected chi connectivity index (χ0v) is 12.8. The second-order valence-corrected chi connectivity index (χ2v) is 4.40. The first kappa shape index (κ1) is 16.8. The molecule has 0 amide bonds. The summed E-state index contributed by atoms with van der Waals surface area (Å²) in [7, 11) is 4.66. The molecule has 0 saturated heterocycles. The van der Waals surface area contributed by atoms with Gasteiger partial charge in [0.2, 0.25) is 0 Å². The van der Waals surface area contributed by atoms with Gasteiger partial charge in [-0.25, -0.2) is 0 Å². The summed E-state index contributed by atoms with van der Waals surface area (Å²) in [6.07, 6.45) is 10.0. The Balaban J connectivity index is 2.47. The average molecular weight is 290 g/mol. The second-order valence-electron chi connectivity index (χ2n) is 4.40. The van der Waals surface area contributed by atoms with Crippen LogP contribution in [0.15, 0.2) is 36.4 Å². The summed E-state index contributed by atoms with van der Waals surface area (Å²) in [6, 6.07) is 5.70. The third kappa shape index (κ3) is 6.65. The van der Waals surface area contributed by atoms with Crippen molar-refractivity contribution in [1.82, 2.24) is 0 Å². The molecule has 0 atom stereocenters. The van der Waals surface area contributed by atoms with E-state index in [1.807, 2.05) is 42.5 Å². The van der Waals surface area contributed by atoms with Crippen LogP contribution in [0.3, 0.4) is 0 Å². The Labute approximate surface area is 126 Å². The van der Waals surface area contributed by atoms with E-state index in [4.69, 9.17) is 9.47 Å². The maximum atomic E-state index is 10.9. The van der Waals surface area contributed by atoms with Crippen LogP contribution in [0.25, 0.3) is 6.08 Å². The number of unbranched alkanes of at least 4 members (excludes halogenated alkanes) is 1. The van der Waals surface area contributed by atoms with Crippen molar-refractivity contribution in [1.29, 1.82) is 0 Å². The summed E-state index contributed by atoms with van der Waals surface area (Å²) in [5.41, 5.74) is 1.01. The summed E-state index contributed by atoms with van der Waals surface area (Å²) in [4.78, 5) is 10.9. The highest BCUT2D eigenvalue weighted by Gasteiger charge is 1.99. The minimum atomic E-state index is -0.164. The van der Waals surface area contributed by atoms with Crippen molar-refractivity contribution in [2.24, 2.45) is 0 Å². The van der Waals surface area contributed by atoms with E-state index in [2.05, 4.69) is 4.74 Å². The van der Waals surface area contributed by atoms with E-state index in [0.29, 0.717) is 6.42 Å². The zero-order chi connectivity index (χ0) is 15.5. The monoisotopic (exact) mass is 290 g/mol. The topological polar surface area (TPSA) is 44.8 Å². The minimum absolute atomic E-state index is 0.164. The summed E-state index contributed by atoms with van der Waals surface area (Å²) in [5.74, 6) is 1.36. The van der Waals surface area contributed by atoms with Crippen molar-refractivity contribution >= 4 is 12.0 Å². The predicted molar refractivity (Wildman–Crippen MR) is 83.6 cm³/mol. The van der Waals surface area contributed by atoms with Crippen molar-refractivity contribution in [3.05, 3.63) is 42.0 Å². The SMILES string of the molecule is COC(=O)CCC/C=C/C=C/c1cc(OC)cc(OC)c1.